The highest BCUT2D eigenvalue weighted by Gasteiger charge is 2.35. The largest absolute Gasteiger partial charge is 0.390 e. The summed E-state index contributed by atoms with van der Waals surface area (Å²) in [6, 6.07) is 0. The Hall–Kier alpha value is -0.0400. The van der Waals surface area contributed by atoms with E-state index >= 15 is 0 Å². The van der Waals surface area contributed by atoms with E-state index in [4.69, 9.17) is 0 Å². The van der Waals surface area contributed by atoms with Crippen LogP contribution in [0.1, 0.15) is 52.9 Å². The fourth-order valence-electron chi connectivity index (χ4n) is 2.35. The third-order valence-electron chi connectivity index (χ3n) is 3.26. The normalized spacial score (nSPS) is 38.5. The monoisotopic (exact) mass is 170 g/mol. The Balaban J connectivity index is 2.39. The van der Waals surface area contributed by atoms with Crippen LogP contribution in [0, 0.1) is 11.8 Å². The molecule has 1 nitrogen and oxygen atoms in total. The molecule has 3 atom stereocenters. The van der Waals surface area contributed by atoms with Gasteiger partial charge in [-0.1, -0.05) is 27.2 Å². The number of rotatable bonds is 3. The van der Waals surface area contributed by atoms with Crippen LogP contribution in [0.5, 0.6) is 0 Å². The van der Waals surface area contributed by atoms with E-state index in [0.29, 0.717) is 5.92 Å². The Morgan fingerprint density at radius 3 is 2.67 bits per heavy atom. The zero-order chi connectivity index (χ0) is 9.19. The molecule has 1 saturated carbocycles. The Morgan fingerprint density at radius 2 is 2.25 bits per heavy atom. The first kappa shape index (κ1) is 10.0. The Labute approximate surface area is 76.2 Å². The quantitative estimate of drug-likeness (QED) is 0.690. The summed E-state index contributed by atoms with van der Waals surface area (Å²) in [5, 5.41) is 10.2. The van der Waals surface area contributed by atoms with Gasteiger partial charge in [0.2, 0.25) is 0 Å². The topological polar surface area (TPSA) is 20.2 Å². The highest BCUT2D eigenvalue weighted by molar-refractivity contribution is 4.88. The first-order valence-electron chi connectivity index (χ1n) is 5.28. The van der Waals surface area contributed by atoms with Crippen molar-refractivity contribution in [3.05, 3.63) is 0 Å². The van der Waals surface area contributed by atoms with Crippen molar-refractivity contribution in [2.75, 3.05) is 0 Å². The Bertz CT molecular complexity index is 144. The van der Waals surface area contributed by atoms with Crippen LogP contribution in [0.4, 0.5) is 0 Å². The molecule has 72 valence electrons. The predicted molar refractivity (Wildman–Crippen MR) is 52.0 cm³/mol. The minimum Gasteiger partial charge on any atom is -0.390 e. The molecule has 3 unspecified atom stereocenters. The van der Waals surface area contributed by atoms with Gasteiger partial charge in [-0.2, -0.15) is 0 Å². The molecule has 0 amide bonds. The highest BCUT2D eigenvalue weighted by atomic mass is 16.3. The van der Waals surface area contributed by atoms with Gasteiger partial charge in [0.05, 0.1) is 5.60 Å². The van der Waals surface area contributed by atoms with Crippen molar-refractivity contribution < 1.29 is 5.11 Å². The van der Waals surface area contributed by atoms with Gasteiger partial charge < -0.3 is 5.11 Å². The molecule has 0 aromatic rings. The van der Waals surface area contributed by atoms with Crippen LogP contribution >= 0.6 is 0 Å². The lowest BCUT2D eigenvalue weighted by Gasteiger charge is -2.25. The number of hydrogen-bond donors (Lipinski definition) is 1. The molecule has 12 heavy (non-hydrogen) atoms. The molecule has 1 N–H and O–H groups in total. The van der Waals surface area contributed by atoms with Crippen molar-refractivity contribution in [2.45, 2.75) is 58.5 Å². The van der Waals surface area contributed by atoms with Gasteiger partial charge >= 0.3 is 0 Å². The lowest BCUT2D eigenvalue weighted by molar-refractivity contribution is 0.0208. The van der Waals surface area contributed by atoms with Gasteiger partial charge in [-0.25, -0.2) is 0 Å². The smallest absolute Gasteiger partial charge is 0.0653 e. The fourth-order valence-corrected chi connectivity index (χ4v) is 2.35. The molecule has 0 saturated heterocycles. The molecule has 1 aliphatic carbocycles. The maximum Gasteiger partial charge on any atom is 0.0653 e. The van der Waals surface area contributed by atoms with Crippen LogP contribution in [-0.2, 0) is 0 Å². The summed E-state index contributed by atoms with van der Waals surface area (Å²) in [5.74, 6) is 1.42. The summed E-state index contributed by atoms with van der Waals surface area (Å²) in [6.07, 6.45) is 5.47. The first-order valence-corrected chi connectivity index (χ1v) is 5.28. The van der Waals surface area contributed by atoms with Crippen molar-refractivity contribution in [3.8, 4) is 0 Å². The molecule has 1 heteroatoms. The fraction of sp³-hybridized carbons (Fsp3) is 1.00. The molecular formula is C11H22O. The summed E-state index contributed by atoms with van der Waals surface area (Å²) in [5.41, 5.74) is -0.311. The van der Waals surface area contributed by atoms with Gasteiger partial charge in [-0.05, 0) is 37.5 Å². The second kappa shape index (κ2) is 3.78. The van der Waals surface area contributed by atoms with E-state index in [1.54, 1.807) is 0 Å². The molecule has 0 spiro atoms. The van der Waals surface area contributed by atoms with Gasteiger partial charge in [-0.15, -0.1) is 0 Å². The van der Waals surface area contributed by atoms with Gasteiger partial charge in [-0.3, -0.25) is 0 Å². The number of aliphatic hydroxyl groups is 1. The van der Waals surface area contributed by atoms with Crippen molar-refractivity contribution in [1.29, 1.82) is 0 Å². The lowest BCUT2D eigenvalue weighted by atomic mass is 9.88. The summed E-state index contributed by atoms with van der Waals surface area (Å²) < 4.78 is 0. The van der Waals surface area contributed by atoms with Crippen LogP contribution in [0.15, 0.2) is 0 Å². The van der Waals surface area contributed by atoms with Crippen LogP contribution in [0.25, 0.3) is 0 Å². The summed E-state index contributed by atoms with van der Waals surface area (Å²) in [6.45, 7) is 6.68. The summed E-state index contributed by atoms with van der Waals surface area (Å²) in [7, 11) is 0. The van der Waals surface area contributed by atoms with Gasteiger partial charge in [0, 0.05) is 0 Å². The molecule has 0 radical (unpaired) electrons. The van der Waals surface area contributed by atoms with E-state index in [1.807, 2.05) is 0 Å². The molecule has 0 aromatic heterocycles. The average molecular weight is 170 g/mol. The second-order valence-corrected chi connectivity index (χ2v) is 4.79. The van der Waals surface area contributed by atoms with Gasteiger partial charge in [0.25, 0.3) is 0 Å². The third-order valence-corrected chi connectivity index (χ3v) is 3.26. The van der Waals surface area contributed by atoms with Crippen molar-refractivity contribution in [3.63, 3.8) is 0 Å². The minimum absolute atomic E-state index is 0.311. The maximum atomic E-state index is 10.2. The molecule has 0 bridgehead atoms. The van der Waals surface area contributed by atoms with Crippen LogP contribution in [0.2, 0.25) is 0 Å². The molecule has 0 aliphatic heterocycles. The van der Waals surface area contributed by atoms with E-state index in [1.165, 1.54) is 12.8 Å². The summed E-state index contributed by atoms with van der Waals surface area (Å²) >= 11 is 0. The van der Waals surface area contributed by atoms with Crippen LogP contribution < -0.4 is 0 Å². The molecular weight excluding hydrogens is 148 g/mol. The zero-order valence-electron chi connectivity index (χ0n) is 8.64. The zero-order valence-corrected chi connectivity index (χ0v) is 8.64. The van der Waals surface area contributed by atoms with Crippen LogP contribution in [0.3, 0.4) is 0 Å². The van der Waals surface area contributed by atoms with E-state index in [9.17, 15) is 5.11 Å². The highest BCUT2D eigenvalue weighted by Crippen LogP contribution is 2.38. The Morgan fingerprint density at radius 1 is 1.58 bits per heavy atom. The average Bonchev–Trinajstić information content (AvgIpc) is 2.30. The lowest BCUT2D eigenvalue weighted by Crippen LogP contribution is -2.27. The summed E-state index contributed by atoms with van der Waals surface area (Å²) in [4.78, 5) is 0. The van der Waals surface area contributed by atoms with E-state index < -0.39 is 0 Å². The van der Waals surface area contributed by atoms with Gasteiger partial charge in [0.1, 0.15) is 0 Å². The molecule has 0 aromatic carbocycles. The first-order chi connectivity index (χ1) is 5.56. The second-order valence-electron chi connectivity index (χ2n) is 4.79. The van der Waals surface area contributed by atoms with Crippen molar-refractivity contribution in [1.82, 2.24) is 0 Å². The predicted octanol–water partition coefficient (Wildman–Crippen LogP) is 2.97. The molecule has 1 rings (SSSR count). The van der Waals surface area contributed by atoms with E-state index in [2.05, 4.69) is 20.8 Å². The molecule has 1 fully saturated rings. The minimum atomic E-state index is -0.311. The third kappa shape index (κ3) is 2.48. The van der Waals surface area contributed by atoms with Crippen molar-refractivity contribution in [2.24, 2.45) is 11.8 Å². The van der Waals surface area contributed by atoms with Gasteiger partial charge in [0.15, 0.2) is 0 Å². The SMILES string of the molecule is CCC(C)CC1(O)CCC(C)C1. The van der Waals surface area contributed by atoms with E-state index in [0.717, 1.165) is 25.2 Å². The Kier molecular flexibility index (Phi) is 3.16. The molecule has 0 heterocycles. The maximum absolute atomic E-state index is 10.2. The number of hydrogen-bond acceptors (Lipinski definition) is 1. The van der Waals surface area contributed by atoms with Crippen LogP contribution in [-0.4, -0.2) is 10.7 Å². The van der Waals surface area contributed by atoms with Crippen molar-refractivity contribution >= 4 is 0 Å². The molecule has 1 aliphatic rings. The van der Waals surface area contributed by atoms with E-state index in [-0.39, 0.29) is 5.60 Å². The standard InChI is InChI=1S/C11H22O/c1-4-9(2)7-11(12)6-5-10(3)8-11/h9-10,12H,4-8H2,1-3H3.